The quantitative estimate of drug-likeness (QED) is 0.561. The van der Waals surface area contributed by atoms with Crippen molar-refractivity contribution in [3.05, 3.63) is 96.4 Å². The maximum absolute atomic E-state index is 12.9. The Kier molecular flexibility index (Phi) is 4.69. The van der Waals surface area contributed by atoms with Crippen LogP contribution in [0.5, 0.6) is 0 Å². The summed E-state index contributed by atoms with van der Waals surface area (Å²) in [6, 6.07) is 25.7. The van der Waals surface area contributed by atoms with E-state index in [1.807, 2.05) is 82.3 Å². The van der Waals surface area contributed by atoms with Gasteiger partial charge in [-0.05, 0) is 29.8 Å². The molecule has 0 fully saturated rings. The number of benzene rings is 2. The van der Waals surface area contributed by atoms with Gasteiger partial charge in [0.05, 0.1) is 18.3 Å². The number of anilines is 1. The third kappa shape index (κ3) is 3.41. The van der Waals surface area contributed by atoms with E-state index in [1.165, 1.54) is 0 Å². The lowest BCUT2D eigenvalue weighted by atomic mass is 10.0. The SMILES string of the molecule is O=C(NCc1nnc2ccccn12)C1=NN(c2ccccc2)C(c2ccccc2)C1. The Labute approximate surface area is 173 Å². The molecule has 7 nitrogen and oxygen atoms in total. The molecule has 1 amide bonds. The fourth-order valence-electron chi connectivity index (χ4n) is 3.67. The number of nitrogens with zero attached hydrogens (tertiary/aromatic N) is 5. The number of nitrogens with one attached hydrogen (secondary N) is 1. The van der Waals surface area contributed by atoms with Crippen molar-refractivity contribution in [2.24, 2.45) is 5.10 Å². The molecule has 1 unspecified atom stereocenters. The summed E-state index contributed by atoms with van der Waals surface area (Å²) in [7, 11) is 0. The summed E-state index contributed by atoms with van der Waals surface area (Å²) in [5, 5.41) is 17.8. The second-order valence-electron chi connectivity index (χ2n) is 7.09. The summed E-state index contributed by atoms with van der Waals surface area (Å²) in [4.78, 5) is 12.9. The zero-order valence-electron chi connectivity index (χ0n) is 16.2. The van der Waals surface area contributed by atoms with Crippen LogP contribution in [0.3, 0.4) is 0 Å². The molecule has 1 N–H and O–H groups in total. The van der Waals surface area contributed by atoms with E-state index in [-0.39, 0.29) is 18.5 Å². The molecule has 4 aromatic rings. The van der Waals surface area contributed by atoms with Gasteiger partial charge < -0.3 is 5.32 Å². The van der Waals surface area contributed by atoms with Crippen LogP contribution < -0.4 is 10.3 Å². The van der Waals surface area contributed by atoms with Crippen LogP contribution in [0.15, 0.2) is 90.2 Å². The Morgan fingerprint density at radius 2 is 1.67 bits per heavy atom. The van der Waals surface area contributed by atoms with Crippen molar-refractivity contribution >= 4 is 23.0 Å². The van der Waals surface area contributed by atoms with Crippen LogP contribution in [0.4, 0.5) is 5.69 Å². The maximum Gasteiger partial charge on any atom is 0.267 e. The molecule has 0 aliphatic carbocycles. The standard InChI is InChI=1S/C23H20N6O/c30-23(24-16-22-26-25-21-13-7-8-14-28(21)22)19-15-20(17-9-3-1-4-10-17)29(27-19)18-11-5-2-6-12-18/h1-14,20H,15-16H2,(H,24,30). The van der Waals surface area contributed by atoms with Gasteiger partial charge in [-0.2, -0.15) is 5.10 Å². The average Bonchev–Trinajstić information content (AvgIpc) is 3.44. The van der Waals surface area contributed by atoms with Crippen LogP contribution in [-0.4, -0.2) is 26.2 Å². The molecular formula is C23H20N6O. The minimum absolute atomic E-state index is 0.0247. The fraction of sp³-hybridized carbons (Fsp3) is 0.130. The molecule has 1 aliphatic rings. The molecule has 5 rings (SSSR count). The number of aromatic nitrogens is 3. The second kappa shape index (κ2) is 7.79. The Balaban J connectivity index is 1.37. The van der Waals surface area contributed by atoms with Crippen molar-refractivity contribution in [1.82, 2.24) is 19.9 Å². The summed E-state index contributed by atoms with van der Waals surface area (Å²) in [6.45, 7) is 0.282. The van der Waals surface area contributed by atoms with E-state index in [4.69, 9.17) is 0 Å². The van der Waals surface area contributed by atoms with Gasteiger partial charge in [0.25, 0.3) is 5.91 Å². The molecule has 2 aromatic heterocycles. The van der Waals surface area contributed by atoms with Gasteiger partial charge in [0.15, 0.2) is 11.5 Å². The molecule has 0 saturated carbocycles. The molecule has 0 saturated heterocycles. The Bertz CT molecular complexity index is 1200. The van der Waals surface area contributed by atoms with E-state index >= 15 is 0 Å². The molecule has 30 heavy (non-hydrogen) atoms. The van der Waals surface area contributed by atoms with E-state index in [9.17, 15) is 4.79 Å². The highest BCUT2D eigenvalue weighted by atomic mass is 16.2. The number of hydrogen-bond acceptors (Lipinski definition) is 5. The predicted octanol–water partition coefficient (Wildman–Crippen LogP) is 3.35. The number of carbonyl (C=O) groups excluding carboxylic acids is 1. The van der Waals surface area contributed by atoms with Gasteiger partial charge in [-0.25, -0.2) is 0 Å². The number of para-hydroxylation sites is 1. The Morgan fingerprint density at radius 3 is 2.47 bits per heavy atom. The van der Waals surface area contributed by atoms with Crippen molar-refractivity contribution in [1.29, 1.82) is 0 Å². The van der Waals surface area contributed by atoms with Gasteiger partial charge in [-0.15, -0.1) is 10.2 Å². The van der Waals surface area contributed by atoms with Crippen molar-refractivity contribution in [2.45, 2.75) is 19.0 Å². The minimum atomic E-state index is -0.193. The van der Waals surface area contributed by atoms with Gasteiger partial charge in [0.2, 0.25) is 0 Å². The predicted molar refractivity (Wildman–Crippen MR) is 115 cm³/mol. The summed E-state index contributed by atoms with van der Waals surface area (Å²) >= 11 is 0. The highest BCUT2D eigenvalue weighted by Crippen LogP contribution is 2.34. The number of hydrazone groups is 1. The van der Waals surface area contributed by atoms with Crippen LogP contribution >= 0.6 is 0 Å². The van der Waals surface area contributed by atoms with Crippen LogP contribution in [0.2, 0.25) is 0 Å². The zero-order valence-corrected chi connectivity index (χ0v) is 16.2. The molecule has 0 bridgehead atoms. The molecule has 1 aliphatic heterocycles. The lowest BCUT2D eigenvalue weighted by molar-refractivity contribution is -0.115. The van der Waals surface area contributed by atoms with E-state index in [1.54, 1.807) is 0 Å². The van der Waals surface area contributed by atoms with Gasteiger partial charge in [0.1, 0.15) is 5.71 Å². The normalized spacial score (nSPS) is 15.9. The van der Waals surface area contributed by atoms with Crippen LogP contribution in [0, 0.1) is 0 Å². The highest BCUT2D eigenvalue weighted by molar-refractivity contribution is 6.39. The van der Waals surface area contributed by atoms with E-state index in [0.717, 1.165) is 16.9 Å². The van der Waals surface area contributed by atoms with E-state index in [2.05, 4.69) is 32.7 Å². The third-order valence-corrected chi connectivity index (χ3v) is 5.17. The third-order valence-electron chi connectivity index (χ3n) is 5.17. The summed E-state index contributed by atoms with van der Waals surface area (Å²) < 4.78 is 1.86. The van der Waals surface area contributed by atoms with Crippen molar-refractivity contribution in [3.8, 4) is 0 Å². The molecule has 0 spiro atoms. The second-order valence-corrected chi connectivity index (χ2v) is 7.09. The van der Waals surface area contributed by atoms with Crippen molar-refractivity contribution < 1.29 is 4.79 Å². The van der Waals surface area contributed by atoms with Gasteiger partial charge >= 0.3 is 0 Å². The van der Waals surface area contributed by atoms with E-state index < -0.39 is 0 Å². The number of carbonyl (C=O) groups is 1. The number of hydrogen-bond donors (Lipinski definition) is 1. The lowest BCUT2D eigenvalue weighted by Gasteiger charge is -2.23. The first-order chi connectivity index (χ1) is 14.8. The first-order valence-electron chi connectivity index (χ1n) is 9.83. The summed E-state index contributed by atoms with van der Waals surface area (Å²) in [5.74, 6) is 0.485. The Morgan fingerprint density at radius 1 is 0.933 bits per heavy atom. The van der Waals surface area contributed by atoms with Gasteiger partial charge in [-0.3, -0.25) is 14.2 Å². The molecular weight excluding hydrogens is 376 g/mol. The molecule has 148 valence electrons. The summed E-state index contributed by atoms with van der Waals surface area (Å²) in [5.41, 5.74) is 3.33. The minimum Gasteiger partial charge on any atom is -0.344 e. The van der Waals surface area contributed by atoms with Crippen LogP contribution in [0.1, 0.15) is 23.9 Å². The number of pyridine rings is 1. The molecule has 0 radical (unpaired) electrons. The maximum atomic E-state index is 12.9. The monoisotopic (exact) mass is 396 g/mol. The van der Waals surface area contributed by atoms with Gasteiger partial charge in [-0.1, -0.05) is 54.6 Å². The van der Waals surface area contributed by atoms with Crippen LogP contribution in [-0.2, 0) is 11.3 Å². The Hall–Kier alpha value is -4.00. The molecule has 7 heteroatoms. The first-order valence-corrected chi connectivity index (χ1v) is 9.83. The zero-order chi connectivity index (χ0) is 20.3. The highest BCUT2D eigenvalue weighted by Gasteiger charge is 2.32. The number of rotatable bonds is 5. The average molecular weight is 396 g/mol. The number of amides is 1. The topological polar surface area (TPSA) is 74.9 Å². The van der Waals surface area contributed by atoms with Crippen molar-refractivity contribution in [3.63, 3.8) is 0 Å². The largest absolute Gasteiger partial charge is 0.344 e. The lowest BCUT2D eigenvalue weighted by Crippen LogP contribution is -2.30. The van der Waals surface area contributed by atoms with Gasteiger partial charge in [0, 0.05) is 12.6 Å². The fourth-order valence-corrected chi connectivity index (χ4v) is 3.67. The van der Waals surface area contributed by atoms with Crippen LogP contribution in [0.25, 0.3) is 5.65 Å². The smallest absolute Gasteiger partial charge is 0.267 e. The van der Waals surface area contributed by atoms with E-state index in [0.29, 0.717) is 18.0 Å². The molecule has 3 heterocycles. The number of fused-ring (bicyclic) bond motifs is 1. The van der Waals surface area contributed by atoms with Crippen molar-refractivity contribution in [2.75, 3.05) is 5.01 Å². The molecule has 1 atom stereocenters. The first kappa shape index (κ1) is 18.1. The summed E-state index contributed by atoms with van der Waals surface area (Å²) in [6.07, 6.45) is 2.41. The molecule has 2 aromatic carbocycles.